The monoisotopic (exact) mass is 322 g/mol. The average molecular weight is 322 g/mol. The Balaban J connectivity index is 2.10. The number of nitrogens with zero attached hydrogens (tertiary/aromatic N) is 2. The lowest BCUT2D eigenvalue weighted by molar-refractivity contribution is 0.0686. The van der Waals surface area contributed by atoms with Gasteiger partial charge in [-0.05, 0) is 16.8 Å². The van der Waals surface area contributed by atoms with Gasteiger partial charge in [0, 0.05) is 24.4 Å². The lowest BCUT2D eigenvalue weighted by Gasteiger charge is -2.06. The molecule has 0 spiro atoms. The van der Waals surface area contributed by atoms with Gasteiger partial charge in [0.15, 0.2) is 5.71 Å². The lowest BCUT2D eigenvalue weighted by atomic mass is 9.97. The molecule has 120 valence electrons. The number of hydrogen-bond acceptors (Lipinski definition) is 4. The molecule has 0 atom stereocenters. The molecule has 3 aromatic rings. The third-order valence-corrected chi connectivity index (χ3v) is 3.85. The number of carbonyl (C=O) groups excluding carboxylic acids is 1. The largest absolute Gasteiger partial charge is 0.477 e. The van der Waals surface area contributed by atoms with Gasteiger partial charge in [-0.25, -0.2) is 4.79 Å². The van der Waals surface area contributed by atoms with Crippen molar-refractivity contribution in [1.29, 1.82) is 0 Å². The van der Waals surface area contributed by atoms with Gasteiger partial charge in [-0.15, -0.1) is 0 Å². The third-order valence-electron chi connectivity index (χ3n) is 3.85. The number of fused-ring (bicyclic) bond motifs is 1. The van der Waals surface area contributed by atoms with Crippen molar-refractivity contribution in [2.24, 2.45) is 12.2 Å². The summed E-state index contributed by atoms with van der Waals surface area (Å²) in [5.41, 5.74) is 0.434. The molecular formula is C18H14N2O4. The van der Waals surface area contributed by atoms with Crippen LogP contribution in [0.2, 0.25) is 0 Å². The van der Waals surface area contributed by atoms with Gasteiger partial charge in [0.25, 0.3) is 0 Å². The third kappa shape index (κ3) is 2.54. The normalized spacial score (nSPS) is 11.6. The van der Waals surface area contributed by atoms with E-state index in [0.29, 0.717) is 5.56 Å². The molecule has 0 aliphatic heterocycles. The molecule has 0 bridgehead atoms. The van der Waals surface area contributed by atoms with Gasteiger partial charge in [0.1, 0.15) is 5.69 Å². The number of aromatic nitrogens is 1. The highest BCUT2D eigenvalue weighted by Gasteiger charge is 2.22. The van der Waals surface area contributed by atoms with Crippen LogP contribution in [-0.4, -0.2) is 32.3 Å². The molecule has 1 heterocycles. The standard InChI is InChI=1S/C18H14N2O4/c1-20-10-12(9-15(20)18(22)23)16(19-24)17(21)14-8-4-6-11-5-2-3-7-13(11)14/h2-10,24H,1H3,(H,22,23). The molecule has 1 aromatic heterocycles. The zero-order chi connectivity index (χ0) is 17.3. The molecule has 0 aliphatic carbocycles. The van der Waals surface area contributed by atoms with Crippen LogP contribution >= 0.6 is 0 Å². The number of carboxylic acids is 1. The fourth-order valence-electron chi connectivity index (χ4n) is 2.69. The first kappa shape index (κ1) is 15.5. The second kappa shape index (κ2) is 6.00. The lowest BCUT2D eigenvalue weighted by Crippen LogP contribution is -2.16. The minimum Gasteiger partial charge on any atom is -0.477 e. The van der Waals surface area contributed by atoms with Gasteiger partial charge < -0.3 is 14.9 Å². The van der Waals surface area contributed by atoms with Gasteiger partial charge in [0.2, 0.25) is 5.78 Å². The average Bonchev–Trinajstić information content (AvgIpc) is 2.96. The second-order valence-electron chi connectivity index (χ2n) is 5.33. The molecule has 6 nitrogen and oxygen atoms in total. The number of oxime groups is 1. The van der Waals surface area contributed by atoms with Crippen molar-refractivity contribution < 1.29 is 19.9 Å². The highest BCUT2D eigenvalue weighted by atomic mass is 16.4. The van der Waals surface area contributed by atoms with E-state index in [-0.39, 0.29) is 17.0 Å². The first-order valence-corrected chi connectivity index (χ1v) is 7.17. The Labute approximate surface area is 137 Å². The SMILES string of the molecule is Cn1cc(C(=NO)C(=O)c2cccc3ccccc23)cc1C(=O)O. The van der Waals surface area contributed by atoms with E-state index in [9.17, 15) is 14.8 Å². The van der Waals surface area contributed by atoms with Crippen LogP contribution in [-0.2, 0) is 7.05 Å². The summed E-state index contributed by atoms with van der Waals surface area (Å²) in [7, 11) is 1.55. The van der Waals surface area contributed by atoms with Crippen molar-refractivity contribution in [1.82, 2.24) is 4.57 Å². The van der Waals surface area contributed by atoms with Gasteiger partial charge in [-0.2, -0.15) is 0 Å². The molecule has 0 aliphatic rings. The van der Waals surface area contributed by atoms with Crippen LogP contribution in [0.15, 0.2) is 59.9 Å². The molecule has 3 rings (SSSR count). The van der Waals surface area contributed by atoms with E-state index in [1.165, 1.54) is 16.8 Å². The summed E-state index contributed by atoms with van der Waals surface area (Å²) in [6, 6.07) is 14.0. The van der Waals surface area contributed by atoms with Crippen molar-refractivity contribution in [3.8, 4) is 0 Å². The molecule has 0 fully saturated rings. The molecule has 2 aromatic carbocycles. The van der Waals surface area contributed by atoms with Crippen LogP contribution in [0, 0.1) is 0 Å². The fraction of sp³-hybridized carbons (Fsp3) is 0.0556. The van der Waals surface area contributed by atoms with Crippen LogP contribution < -0.4 is 0 Å². The summed E-state index contributed by atoms with van der Waals surface area (Å²) in [5, 5.41) is 23.2. The van der Waals surface area contributed by atoms with Crippen LogP contribution in [0.3, 0.4) is 0 Å². The van der Waals surface area contributed by atoms with Crippen LogP contribution in [0.1, 0.15) is 26.4 Å². The zero-order valence-electron chi connectivity index (χ0n) is 12.8. The van der Waals surface area contributed by atoms with E-state index in [0.717, 1.165) is 10.8 Å². The quantitative estimate of drug-likeness (QED) is 0.334. The number of carbonyl (C=O) groups is 2. The number of rotatable bonds is 4. The van der Waals surface area contributed by atoms with E-state index >= 15 is 0 Å². The van der Waals surface area contributed by atoms with E-state index in [1.807, 2.05) is 30.3 Å². The van der Waals surface area contributed by atoms with Gasteiger partial charge in [-0.3, -0.25) is 4.79 Å². The van der Waals surface area contributed by atoms with E-state index < -0.39 is 11.8 Å². The second-order valence-corrected chi connectivity index (χ2v) is 5.33. The van der Waals surface area contributed by atoms with Gasteiger partial charge in [-0.1, -0.05) is 47.6 Å². The summed E-state index contributed by atoms with van der Waals surface area (Å²) in [6.07, 6.45) is 1.45. The van der Waals surface area contributed by atoms with Crippen LogP contribution in [0.4, 0.5) is 0 Å². The summed E-state index contributed by atoms with van der Waals surface area (Å²) < 4.78 is 1.36. The van der Waals surface area contributed by atoms with Gasteiger partial charge >= 0.3 is 5.97 Å². The van der Waals surface area contributed by atoms with Crippen molar-refractivity contribution in [2.75, 3.05) is 0 Å². The topological polar surface area (TPSA) is 91.9 Å². The maximum Gasteiger partial charge on any atom is 0.352 e. The smallest absolute Gasteiger partial charge is 0.352 e. The highest BCUT2D eigenvalue weighted by Crippen LogP contribution is 2.21. The van der Waals surface area contributed by atoms with Crippen molar-refractivity contribution >= 4 is 28.2 Å². The Hall–Kier alpha value is -3.41. The molecule has 0 saturated heterocycles. The minimum absolute atomic E-state index is 0.00290. The van der Waals surface area contributed by atoms with E-state index in [1.54, 1.807) is 19.2 Å². The summed E-state index contributed by atoms with van der Waals surface area (Å²) >= 11 is 0. The van der Waals surface area contributed by atoms with Crippen LogP contribution in [0.5, 0.6) is 0 Å². The van der Waals surface area contributed by atoms with E-state index in [2.05, 4.69) is 5.16 Å². The molecule has 0 saturated carbocycles. The molecule has 0 radical (unpaired) electrons. The van der Waals surface area contributed by atoms with Crippen molar-refractivity contribution in [3.63, 3.8) is 0 Å². The number of hydrogen-bond donors (Lipinski definition) is 2. The van der Waals surface area contributed by atoms with Crippen LogP contribution in [0.25, 0.3) is 10.8 Å². The Morgan fingerprint density at radius 1 is 1.08 bits per heavy atom. The minimum atomic E-state index is -1.13. The van der Waals surface area contributed by atoms with Crippen molar-refractivity contribution in [2.45, 2.75) is 0 Å². The predicted molar refractivity (Wildman–Crippen MR) is 89.0 cm³/mol. The Kier molecular flexibility index (Phi) is 3.87. The summed E-state index contributed by atoms with van der Waals surface area (Å²) in [6.45, 7) is 0. The number of Topliss-reactive ketones (excluding diaryl/α,β-unsaturated/α-hetero) is 1. The summed E-state index contributed by atoms with van der Waals surface area (Å²) in [4.78, 5) is 24.0. The molecule has 0 unspecified atom stereocenters. The van der Waals surface area contributed by atoms with Gasteiger partial charge in [0.05, 0.1) is 0 Å². The molecule has 0 amide bonds. The summed E-state index contributed by atoms with van der Waals surface area (Å²) in [5.74, 6) is -1.60. The molecule has 6 heteroatoms. The molecular weight excluding hydrogens is 308 g/mol. The number of carboxylic acid groups (broad SMARTS) is 1. The predicted octanol–water partition coefficient (Wildman–Crippen LogP) is 2.94. The fourth-order valence-corrected chi connectivity index (χ4v) is 2.69. The number of aromatic carboxylic acids is 1. The first-order chi connectivity index (χ1) is 11.5. The number of aryl methyl sites for hydroxylation is 1. The first-order valence-electron chi connectivity index (χ1n) is 7.17. The Bertz CT molecular complexity index is 980. The molecule has 24 heavy (non-hydrogen) atoms. The maximum atomic E-state index is 12.8. The maximum absolute atomic E-state index is 12.8. The Morgan fingerprint density at radius 2 is 1.79 bits per heavy atom. The highest BCUT2D eigenvalue weighted by molar-refractivity contribution is 6.52. The number of ketones is 1. The van der Waals surface area contributed by atoms with E-state index in [4.69, 9.17) is 5.11 Å². The zero-order valence-corrected chi connectivity index (χ0v) is 12.8. The number of benzene rings is 2. The molecule has 2 N–H and O–H groups in total. The van der Waals surface area contributed by atoms with Crippen molar-refractivity contribution in [3.05, 3.63) is 71.5 Å². The Morgan fingerprint density at radius 3 is 2.46 bits per heavy atom.